The molecule has 6 heteroatoms. The molecule has 6 nitrogen and oxygen atoms in total. The predicted molar refractivity (Wildman–Crippen MR) is 139 cm³/mol. The van der Waals surface area contributed by atoms with Gasteiger partial charge in [0.25, 0.3) is 5.97 Å². The highest BCUT2D eigenvalue weighted by molar-refractivity contribution is 6.07. The van der Waals surface area contributed by atoms with Crippen molar-refractivity contribution in [3.05, 3.63) is 89.5 Å². The van der Waals surface area contributed by atoms with Crippen LogP contribution >= 0.6 is 0 Å². The number of carbonyl (C=O) groups is 1. The monoisotopic (exact) mass is 447 g/mol. The molecule has 1 aliphatic carbocycles. The summed E-state index contributed by atoms with van der Waals surface area (Å²) in [6, 6.07) is 17.3. The number of aliphatic hydroxyl groups is 1. The molecule has 0 unspecified atom stereocenters. The fourth-order valence-corrected chi connectivity index (χ4v) is 3.27. The van der Waals surface area contributed by atoms with Crippen molar-refractivity contribution in [2.45, 2.75) is 6.92 Å². The van der Waals surface area contributed by atoms with Gasteiger partial charge in [-0.25, -0.2) is 0 Å². The fourth-order valence-electron chi connectivity index (χ4n) is 3.27. The molecule has 3 rings (SSSR count). The molecular weight excluding hydrogens is 414 g/mol. The van der Waals surface area contributed by atoms with E-state index in [1.807, 2.05) is 40.3 Å². The molecule has 174 valence electrons. The van der Waals surface area contributed by atoms with Crippen molar-refractivity contribution in [2.75, 3.05) is 51.1 Å². The van der Waals surface area contributed by atoms with Crippen LogP contribution in [0.1, 0.15) is 18.1 Å². The van der Waals surface area contributed by atoms with Crippen molar-refractivity contribution in [3.63, 3.8) is 0 Å². The molecule has 0 saturated heterocycles. The second kappa shape index (κ2) is 12.4. The molecule has 0 aromatic heterocycles. The molecule has 33 heavy (non-hydrogen) atoms. The third-order valence-electron chi connectivity index (χ3n) is 4.90. The highest BCUT2D eigenvalue weighted by atomic mass is 16.4. The largest absolute Gasteiger partial charge is 0.481 e. The Bertz CT molecular complexity index is 970. The van der Waals surface area contributed by atoms with E-state index in [-0.39, 0.29) is 6.61 Å². The van der Waals surface area contributed by atoms with Crippen molar-refractivity contribution in [2.24, 2.45) is 4.99 Å². The molecule has 0 atom stereocenters. The highest BCUT2D eigenvalue weighted by Gasteiger charge is 2.12. The van der Waals surface area contributed by atoms with E-state index in [1.54, 1.807) is 0 Å². The van der Waals surface area contributed by atoms with Crippen molar-refractivity contribution in [1.82, 2.24) is 0 Å². The lowest BCUT2D eigenvalue weighted by molar-refractivity contribution is -0.134. The van der Waals surface area contributed by atoms with E-state index in [4.69, 9.17) is 15.0 Å². The summed E-state index contributed by atoms with van der Waals surface area (Å²) in [6.07, 6.45) is 8.22. The molecule has 2 aromatic rings. The van der Waals surface area contributed by atoms with Gasteiger partial charge in [0.05, 0.1) is 18.9 Å². The number of aliphatic imine (C=N–C) groups is 1. The molecule has 0 fully saturated rings. The summed E-state index contributed by atoms with van der Waals surface area (Å²) < 4.78 is 0. The number of aliphatic hydroxyl groups excluding tert-OH is 1. The van der Waals surface area contributed by atoms with Crippen LogP contribution < -0.4 is 9.80 Å². The zero-order valence-corrected chi connectivity index (χ0v) is 20.0. The fraction of sp³-hybridized carbons (Fsp3) is 0.259. The maximum atomic E-state index is 9.00. The summed E-state index contributed by atoms with van der Waals surface area (Å²) >= 11 is 0. The zero-order valence-electron chi connectivity index (χ0n) is 20.0. The molecule has 2 aromatic carbocycles. The first-order valence-corrected chi connectivity index (χ1v) is 10.7. The molecule has 0 heterocycles. The molecule has 0 radical (unpaired) electrons. The minimum absolute atomic E-state index is 0.0651. The molecule has 2 N–H and O–H groups in total. The summed E-state index contributed by atoms with van der Waals surface area (Å²) in [5.41, 5.74) is 7.91. The average Bonchev–Trinajstić information content (AvgIpc) is 2.79. The van der Waals surface area contributed by atoms with Gasteiger partial charge in [0.2, 0.25) is 0 Å². The number of nitrogens with zero attached hydrogens (tertiary/aromatic N) is 3. The number of aliphatic carboxylic acids is 1. The first-order chi connectivity index (χ1) is 15.7. The van der Waals surface area contributed by atoms with Crippen LogP contribution in [0.5, 0.6) is 0 Å². The topological polar surface area (TPSA) is 76.4 Å². The number of allylic oxidation sites excluding steroid dienone is 5. The summed E-state index contributed by atoms with van der Waals surface area (Å²) in [5, 5.41) is 16.4. The van der Waals surface area contributed by atoms with Crippen LogP contribution in [0.15, 0.2) is 83.4 Å². The van der Waals surface area contributed by atoms with Gasteiger partial charge in [0, 0.05) is 46.5 Å². The lowest BCUT2D eigenvalue weighted by Gasteiger charge is -2.18. The Hall–Kier alpha value is -3.64. The van der Waals surface area contributed by atoms with Crippen molar-refractivity contribution in [3.8, 4) is 0 Å². The van der Waals surface area contributed by atoms with Crippen LogP contribution in [0, 0.1) is 0 Å². The Labute approximate surface area is 196 Å². The minimum Gasteiger partial charge on any atom is -0.481 e. The third kappa shape index (κ3) is 7.77. The first kappa shape index (κ1) is 25.6. The van der Waals surface area contributed by atoms with Gasteiger partial charge < -0.3 is 20.0 Å². The minimum atomic E-state index is -0.833. The van der Waals surface area contributed by atoms with E-state index in [1.165, 1.54) is 28.1 Å². The van der Waals surface area contributed by atoms with Gasteiger partial charge in [-0.1, -0.05) is 36.4 Å². The van der Waals surface area contributed by atoms with E-state index in [0.717, 1.165) is 18.2 Å². The number of carboxylic acids is 1. The van der Waals surface area contributed by atoms with Gasteiger partial charge >= 0.3 is 0 Å². The second-order valence-corrected chi connectivity index (χ2v) is 7.93. The number of hydrogen-bond donors (Lipinski definition) is 2. The quantitative estimate of drug-likeness (QED) is 0.692. The van der Waals surface area contributed by atoms with Crippen LogP contribution in [-0.4, -0.2) is 63.2 Å². The lowest BCUT2D eigenvalue weighted by atomic mass is 9.90. The predicted octanol–water partition coefficient (Wildman–Crippen LogP) is 4.27. The van der Waals surface area contributed by atoms with E-state index < -0.39 is 5.97 Å². The van der Waals surface area contributed by atoms with Crippen LogP contribution in [-0.2, 0) is 4.79 Å². The summed E-state index contributed by atoms with van der Waals surface area (Å²) in [7, 11) is 8.20. The van der Waals surface area contributed by atoms with Gasteiger partial charge in [-0.2, -0.15) is 0 Å². The van der Waals surface area contributed by atoms with E-state index in [0.29, 0.717) is 6.54 Å². The molecule has 0 saturated carbocycles. The standard InChI is InChI=1S/C25H29N3O.C2H4O2/c1-27(2)23-13-7-20(8-14-23)25(21-9-15-24(16-10-21)28(3)4)19-5-11-22(12-6-19)26-17-18-29;1-2(3)4/h5-16,29H,17-18H2,1-4H3;1H3,(H,3,4). The van der Waals surface area contributed by atoms with Crippen LogP contribution in [0.2, 0.25) is 0 Å². The Morgan fingerprint density at radius 3 is 1.52 bits per heavy atom. The highest BCUT2D eigenvalue weighted by Crippen LogP contribution is 2.31. The van der Waals surface area contributed by atoms with Gasteiger partial charge in [-0.15, -0.1) is 0 Å². The van der Waals surface area contributed by atoms with E-state index in [9.17, 15) is 0 Å². The Morgan fingerprint density at radius 2 is 1.18 bits per heavy atom. The SMILES string of the molecule is CC(=O)O.CN(C)c1ccc(C(=C2C=CC(=NCCO)C=C2)c2ccc(N(C)C)cc2)cc1. The number of hydrogen-bond acceptors (Lipinski definition) is 5. The van der Waals surface area contributed by atoms with Gasteiger partial charge in [-0.3, -0.25) is 9.79 Å². The Balaban J connectivity index is 0.000000890. The molecule has 0 aliphatic heterocycles. The van der Waals surface area contributed by atoms with Crippen LogP contribution in [0.25, 0.3) is 5.57 Å². The number of anilines is 2. The first-order valence-electron chi connectivity index (χ1n) is 10.7. The lowest BCUT2D eigenvalue weighted by Crippen LogP contribution is -2.08. The van der Waals surface area contributed by atoms with Crippen molar-refractivity contribution < 1.29 is 15.0 Å². The molecule has 0 bridgehead atoms. The van der Waals surface area contributed by atoms with Crippen LogP contribution in [0.3, 0.4) is 0 Å². The van der Waals surface area contributed by atoms with Crippen LogP contribution in [0.4, 0.5) is 11.4 Å². The van der Waals surface area contributed by atoms with Gasteiger partial charge in [-0.05, 0) is 58.7 Å². The zero-order chi connectivity index (χ0) is 24.4. The normalized spacial score (nSPS) is 12.1. The molecular formula is C27H33N3O3. The van der Waals surface area contributed by atoms with E-state index in [2.05, 4.69) is 75.5 Å². The van der Waals surface area contributed by atoms with Gasteiger partial charge in [0.15, 0.2) is 0 Å². The van der Waals surface area contributed by atoms with Crippen molar-refractivity contribution in [1.29, 1.82) is 0 Å². The summed E-state index contributed by atoms with van der Waals surface area (Å²) in [6.45, 7) is 1.57. The number of benzene rings is 2. The van der Waals surface area contributed by atoms with E-state index >= 15 is 0 Å². The third-order valence-corrected chi connectivity index (χ3v) is 4.90. The second-order valence-electron chi connectivity index (χ2n) is 7.93. The number of carboxylic acid groups (broad SMARTS) is 1. The maximum absolute atomic E-state index is 9.00. The molecule has 0 spiro atoms. The van der Waals surface area contributed by atoms with Crippen molar-refractivity contribution >= 4 is 28.6 Å². The maximum Gasteiger partial charge on any atom is 0.300 e. The average molecular weight is 448 g/mol. The molecule has 0 amide bonds. The number of rotatable bonds is 6. The van der Waals surface area contributed by atoms with Gasteiger partial charge in [0.1, 0.15) is 0 Å². The summed E-state index contributed by atoms with van der Waals surface area (Å²) in [5.74, 6) is -0.833. The molecule has 1 aliphatic rings. The Morgan fingerprint density at radius 1 is 0.788 bits per heavy atom. The smallest absolute Gasteiger partial charge is 0.300 e. The summed E-state index contributed by atoms with van der Waals surface area (Å²) in [4.78, 5) is 17.6. The Kier molecular flexibility index (Phi) is 9.63.